The minimum atomic E-state index is 0.292. The van der Waals surface area contributed by atoms with Crippen LogP contribution in [0.25, 0.3) is 0 Å². The lowest BCUT2D eigenvalue weighted by molar-refractivity contribution is 0.00302. The van der Waals surface area contributed by atoms with Gasteiger partial charge in [-0.1, -0.05) is 13.8 Å². The molecule has 1 saturated carbocycles. The molecule has 0 radical (unpaired) electrons. The molecule has 0 bridgehead atoms. The molecule has 1 aliphatic carbocycles. The lowest BCUT2D eigenvalue weighted by Gasteiger charge is -2.48. The Morgan fingerprint density at radius 1 is 1.15 bits per heavy atom. The van der Waals surface area contributed by atoms with Crippen LogP contribution in [0.4, 0.5) is 0 Å². The first-order valence-electron chi connectivity index (χ1n) is 8.73. The maximum Gasteiger partial charge on any atom is 0.0469 e. The van der Waals surface area contributed by atoms with E-state index in [0.717, 1.165) is 31.6 Å². The van der Waals surface area contributed by atoms with E-state index in [1.165, 1.54) is 58.0 Å². The number of ether oxygens (including phenoxy) is 1. The third kappa shape index (κ3) is 3.96. The van der Waals surface area contributed by atoms with Gasteiger partial charge in [0.1, 0.15) is 0 Å². The van der Waals surface area contributed by atoms with Gasteiger partial charge < -0.3 is 10.5 Å². The first kappa shape index (κ1) is 16.3. The van der Waals surface area contributed by atoms with Crippen LogP contribution in [0.2, 0.25) is 0 Å². The summed E-state index contributed by atoms with van der Waals surface area (Å²) < 4.78 is 5.51. The molecule has 0 aromatic carbocycles. The van der Waals surface area contributed by atoms with E-state index >= 15 is 0 Å². The van der Waals surface area contributed by atoms with Crippen molar-refractivity contribution in [3.8, 4) is 0 Å². The minimum Gasteiger partial charge on any atom is -0.381 e. The molecule has 118 valence electrons. The van der Waals surface area contributed by atoms with Crippen molar-refractivity contribution < 1.29 is 4.74 Å². The van der Waals surface area contributed by atoms with Crippen molar-refractivity contribution in [2.75, 3.05) is 32.8 Å². The molecule has 1 aliphatic heterocycles. The van der Waals surface area contributed by atoms with Gasteiger partial charge in [-0.2, -0.15) is 0 Å². The highest BCUT2D eigenvalue weighted by atomic mass is 16.5. The first-order valence-corrected chi connectivity index (χ1v) is 8.73. The second kappa shape index (κ2) is 7.77. The van der Waals surface area contributed by atoms with Crippen LogP contribution in [0.5, 0.6) is 0 Å². The molecule has 2 fully saturated rings. The van der Waals surface area contributed by atoms with Crippen molar-refractivity contribution in [3.05, 3.63) is 0 Å². The molecule has 2 aliphatic rings. The number of hydrogen-bond donors (Lipinski definition) is 1. The summed E-state index contributed by atoms with van der Waals surface area (Å²) in [6, 6.07) is 0. The molecule has 1 heterocycles. The summed E-state index contributed by atoms with van der Waals surface area (Å²) in [5, 5.41) is 0. The lowest BCUT2D eigenvalue weighted by atomic mass is 9.75. The maximum atomic E-state index is 6.25. The van der Waals surface area contributed by atoms with Crippen molar-refractivity contribution >= 4 is 0 Å². The Bertz CT molecular complexity index is 268. The zero-order valence-electron chi connectivity index (χ0n) is 13.6. The quantitative estimate of drug-likeness (QED) is 0.814. The molecule has 2 rings (SSSR count). The van der Waals surface area contributed by atoms with Crippen LogP contribution in [0.1, 0.15) is 58.8 Å². The number of hydrogen-bond acceptors (Lipinski definition) is 3. The average molecular weight is 282 g/mol. The van der Waals surface area contributed by atoms with Crippen LogP contribution in [0.15, 0.2) is 0 Å². The molecule has 0 atom stereocenters. The highest BCUT2D eigenvalue weighted by Crippen LogP contribution is 2.37. The predicted molar refractivity (Wildman–Crippen MR) is 84.8 cm³/mol. The summed E-state index contributed by atoms with van der Waals surface area (Å²) in [5.41, 5.74) is 6.55. The molecule has 1 saturated heterocycles. The van der Waals surface area contributed by atoms with Crippen molar-refractivity contribution in [2.45, 2.75) is 64.3 Å². The van der Waals surface area contributed by atoms with E-state index in [1.807, 2.05) is 0 Å². The Hall–Kier alpha value is -0.120. The zero-order valence-corrected chi connectivity index (χ0v) is 13.6. The topological polar surface area (TPSA) is 38.5 Å². The van der Waals surface area contributed by atoms with Crippen molar-refractivity contribution in [3.63, 3.8) is 0 Å². The highest BCUT2D eigenvalue weighted by Gasteiger charge is 2.38. The molecule has 0 aromatic rings. The van der Waals surface area contributed by atoms with E-state index in [-0.39, 0.29) is 0 Å². The van der Waals surface area contributed by atoms with Crippen LogP contribution in [-0.4, -0.2) is 43.3 Å². The number of nitrogens with zero attached hydrogens (tertiary/aromatic N) is 1. The summed E-state index contributed by atoms with van der Waals surface area (Å²) in [6.07, 6.45) is 9.01. The van der Waals surface area contributed by atoms with Crippen LogP contribution in [0.3, 0.4) is 0 Å². The van der Waals surface area contributed by atoms with Gasteiger partial charge in [-0.05, 0) is 63.3 Å². The molecule has 3 heteroatoms. The van der Waals surface area contributed by atoms with E-state index in [2.05, 4.69) is 18.7 Å². The van der Waals surface area contributed by atoms with Gasteiger partial charge in [0.05, 0.1) is 0 Å². The van der Waals surface area contributed by atoms with E-state index in [0.29, 0.717) is 5.54 Å². The van der Waals surface area contributed by atoms with Crippen molar-refractivity contribution in [1.82, 2.24) is 4.90 Å². The van der Waals surface area contributed by atoms with E-state index < -0.39 is 0 Å². The summed E-state index contributed by atoms with van der Waals surface area (Å²) in [6.45, 7) is 9.89. The maximum absolute atomic E-state index is 6.25. The molecule has 2 N–H and O–H groups in total. The average Bonchev–Trinajstić information content (AvgIpc) is 2.49. The molecule has 20 heavy (non-hydrogen) atoms. The van der Waals surface area contributed by atoms with Crippen molar-refractivity contribution in [2.24, 2.45) is 17.6 Å². The van der Waals surface area contributed by atoms with Gasteiger partial charge in [0.2, 0.25) is 0 Å². The Balaban J connectivity index is 2.00. The first-order chi connectivity index (χ1) is 9.70. The fourth-order valence-electron chi connectivity index (χ4n) is 3.98. The van der Waals surface area contributed by atoms with Gasteiger partial charge in [0, 0.05) is 31.8 Å². The van der Waals surface area contributed by atoms with Crippen LogP contribution >= 0.6 is 0 Å². The Labute approximate surface area is 125 Å². The Morgan fingerprint density at radius 2 is 1.80 bits per heavy atom. The molecule has 0 unspecified atom stereocenters. The highest BCUT2D eigenvalue weighted by molar-refractivity contribution is 4.96. The Kier molecular flexibility index (Phi) is 6.31. The number of nitrogens with two attached hydrogens (primary N) is 1. The van der Waals surface area contributed by atoms with Gasteiger partial charge in [-0.25, -0.2) is 0 Å². The smallest absolute Gasteiger partial charge is 0.0469 e. The van der Waals surface area contributed by atoms with E-state index in [4.69, 9.17) is 10.5 Å². The molecule has 0 spiro atoms. The normalized spacial score (nSPS) is 32.7. The molecular formula is C17H34N2O. The standard InChI is InChI=1S/C17H34N2O/c1-3-10-19(13-16-6-11-20-12-7-16)17(14-18)8-4-15(2)5-9-17/h15-16H,3-14,18H2,1-2H3. The largest absolute Gasteiger partial charge is 0.381 e. The third-order valence-electron chi connectivity index (χ3n) is 5.57. The van der Waals surface area contributed by atoms with Gasteiger partial charge in [-0.3, -0.25) is 4.90 Å². The molecule has 0 amide bonds. The summed E-state index contributed by atoms with van der Waals surface area (Å²) >= 11 is 0. The second-order valence-corrected chi connectivity index (χ2v) is 7.11. The molecule has 3 nitrogen and oxygen atoms in total. The zero-order chi connectivity index (χ0) is 14.4. The monoisotopic (exact) mass is 282 g/mol. The third-order valence-corrected chi connectivity index (χ3v) is 5.57. The fourth-order valence-corrected chi connectivity index (χ4v) is 3.98. The minimum absolute atomic E-state index is 0.292. The van der Waals surface area contributed by atoms with Crippen LogP contribution in [0, 0.1) is 11.8 Å². The SMILES string of the molecule is CCCN(CC1CCOCC1)C1(CN)CCC(C)CC1. The lowest BCUT2D eigenvalue weighted by Crippen LogP contribution is -2.57. The van der Waals surface area contributed by atoms with Crippen LogP contribution < -0.4 is 5.73 Å². The summed E-state index contributed by atoms with van der Waals surface area (Å²) in [7, 11) is 0. The van der Waals surface area contributed by atoms with Crippen LogP contribution in [-0.2, 0) is 4.74 Å². The Morgan fingerprint density at radius 3 is 2.35 bits per heavy atom. The van der Waals surface area contributed by atoms with Gasteiger partial charge in [0.15, 0.2) is 0 Å². The van der Waals surface area contributed by atoms with Gasteiger partial charge in [0.25, 0.3) is 0 Å². The van der Waals surface area contributed by atoms with Gasteiger partial charge >= 0.3 is 0 Å². The predicted octanol–water partition coefficient (Wildman–Crippen LogP) is 3.03. The fraction of sp³-hybridized carbons (Fsp3) is 1.00. The van der Waals surface area contributed by atoms with Crippen molar-refractivity contribution in [1.29, 1.82) is 0 Å². The van der Waals surface area contributed by atoms with E-state index in [1.54, 1.807) is 0 Å². The molecular weight excluding hydrogens is 248 g/mol. The number of rotatable bonds is 6. The van der Waals surface area contributed by atoms with E-state index in [9.17, 15) is 0 Å². The second-order valence-electron chi connectivity index (χ2n) is 7.11. The summed E-state index contributed by atoms with van der Waals surface area (Å²) in [5.74, 6) is 1.71. The molecule has 0 aromatic heterocycles. The van der Waals surface area contributed by atoms with Gasteiger partial charge in [-0.15, -0.1) is 0 Å². The summed E-state index contributed by atoms with van der Waals surface area (Å²) in [4.78, 5) is 2.76.